The van der Waals surface area contributed by atoms with Crippen molar-refractivity contribution in [1.82, 2.24) is 9.89 Å². The van der Waals surface area contributed by atoms with E-state index in [0.29, 0.717) is 5.69 Å². The molecule has 0 unspecified atom stereocenters. The Bertz CT molecular complexity index is 218. The number of nitrogens with two attached hydrogens (primary N) is 1. The van der Waals surface area contributed by atoms with E-state index in [2.05, 4.69) is 5.10 Å². The molecule has 8 heavy (non-hydrogen) atoms. The zero-order valence-corrected chi connectivity index (χ0v) is 4.07. The van der Waals surface area contributed by atoms with E-state index < -0.39 is 0 Å². The maximum atomic E-state index is 8.22. The number of nitrogen functional groups attached to an aromatic ring is 1. The van der Waals surface area contributed by atoms with Crippen molar-refractivity contribution in [3.8, 4) is 6.07 Å². The first-order valence-corrected chi connectivity index (χ1v) is 2.04. The Balaban J connectivity index is 3.15. The van der Waals surface area contributed by atoms with Crippen LogP contribution in [0.1, 0.15) is 5.69 Å². The molecule has 0 bridgehead atoms. The largest absolute Gasteiger partial charge is 0.322 e. The molecule has 0 aliphatic rings. The standard InChI is InChI=1S/C4H4N4/c5-3-4-1-2-7-8(4)6/h1-2H,6H2. The Hall–Kier alpha value is -1.50. The molecule has 1 aromatic heterocycles. The zero-order chi connectivity index (χ0) is 5.98. The summed E-state index contributed by atoms with van der Waals surface area (Å²) in [6.07, 6.45) is 1.47. The quantitative estimate of drug-likeness (QED) is 0.454. The van der Waals surface area contributed by atoms with E-state index >= 15 is 0 Å². The molecule has 1 heterocycles. The van der Waals surface area contributed by atoms with Crippen molar-refractivity contribution >= 4 is 0 Å². The van der Waals surface area contributed by atoms with E-state index in [0.717, 1.165) is 4.79 Å². The molecule has 0 fully saturated rings. The summed E-state index contributed by atoms with van der Waals surface area (Å²) in [4.78, 5) is 1.03. The second kappa shape index (κ2) is 1.54. The molecule has 0 saturated carbocycles. The third-order valence-electron chi connectivity index (χ3n) is 0.785. The molecule has 2 N–H and O–H groups in total. The maximum absolute atomic E-state index is 8.22. The number of hydrogen-bond acceptors (Lipinski definition) is 3. The van der Waals surface area contributed by atoms with E-state index in [4.69, 9.17) is 11.1 Å². The van der Waals surface area contributed by atoms with Crippen LogP contribution in [0.3, 0.4) is 0 Å². The van der Waals surface area contributed by atoms with Crippen LogP contribution in [0.25, 0.3) is 0 Å². The summed E-state index contributed by atoms with van der Waals surface area (Å²) in [6, 6.07) is 3.39. The minimum Gasteiger partial charge on any atom is -0.322 e. The molecule has 0 aliphatic heterocycles. The van der Waals surface area contributed by atoms with Gasteiger partial charge >= 0.3 is 0 Å². The summed E-state index contributed by atoms with van der Waals surface area (Å²) >= 11 is 0. The summed E-state index contributed by atoms with van der Waals surface area (Å²) in [7, 11) is 0. The number of hydrogen-bond donors (Lipinski definition) is 1. The third-order valence-corrected chi connectivity index (χ3v) is 0.785. The zero-order valence-electron chi connectivity index (χ0n) is 4.07. The van der Waals surface area contributed by atoms with Crippen molar-refractivity contribution in [2.24, 2.45) is 0 Å². The normalized spacial score (nSPS) is 8.38. The Morgan fingerprint density at radius 3 is 2.88 bits per heavy atom. The molecule has 0 saturated heterocycles. The smallest absolute Gasteiger partial charge is 0.161 e. The molecule has 0 spiro atoms. The highest BCUT2D eigenvalue weighted by Crippen LogP contribution is 1.87. The average molecular weight is 108 g/mol. The third kappa shape index (κ3) is 0.500. The fourth-order valence-corrected chi connectivity index (χ4v) is 0.403. The lowest BCUT2D eigenvalue weighted by atomic mass is 10.5. The average Bonchev–Trinajstić information content (AvgIpc) is 2.14. The highest BCUT2D eigenvalue weighted by atomic mass is 15.5. The molecular formula is C4H4N4. The first kappa shape index (κ1) is 4.65. The molecule has 4 nitrogen and oxygen atoms in total. The summed E-state index contributed by atoms with van der Waals surface area (Å²) in [5, 5.41) is 11.8. The lowest BCUT2D eigenvalue weighted by Gasteiger charge is -1.85. The molecule has 0 atom stereocenters. The fraction of sp³-hybridized carbons (Fsp3) is 0. The van der Waals surface area contributed by atoms with Crippen molar-refractivity contribution < 1.29 is 0 Å². The highest BCUT2D eigenvalue weighted by molar-refractivity contribution is 5.17. The number of nitrogens with zero attached hydrogens (tertiary/aromatic N) is 3. The van der Waals surface area contributed by atoms with Gasteiger partial charge in [0.05, 0.1) is 6.20 Å². The molecule has 0 aromatic carbocycles. The van der Waals surface area contributed by atoms with Gasteiger partial charge in [0.25, 0.3) is 0 Å². The van der Waals surface area contributed by atoms with Gasteiger partial charge in [-0.2, -0.15) is 15.2 Å². The minimum atomic E-state index is 0.366. The molecule has 1 rings (SSSR count). The van der Waals surface area contributed by atoms with Crippen molar-refractivity contribution in [1.29, 1.82) is 5.26 Å². The van der Waals surface area contributed by atoms with Gasteiger partial charge in [0.1, 0.15) is 6.07 Å². The van der Waals surface area contributed by atoms with Crippen LogP contribution in [0.5, 0.6) is 0 Å². The monoisotopic (exact) mass is 108 g/mol. The molecule has 0 aliphatic carbocycles. The molecule has 0 radical (unpaired) electrons. The van der Waals surface area contributed by atoms with Gasteiger partial charge < -0.3 is 5.84 Å². The Morgan fingerprint density at radius 1 is 1.88 bits per heavy atom. The van der Waals surface area contributed by atoms with Crippen LogP contribution in [0.2, 0.25) is 0 Å². The van der Waals surface area contributed by atoms with Crippen LogP contribution in [-0.2, 0) is 0 Å². The van der Waals surface area contributed by atoms with Crippen LogP contribution < -0.4 is 5.84 Å². The minimum absolute atomic E-state index is 0.366. The maximum Gasteiger partial charge on any atom is 0.161 e. The molecule has 4 heteroatoms. The van der Waals surface area contributed by atoms with Crippen LogP contribution in [0.15, 0.2) is 12.3 Å². The summed E-state index contributed by atoms with van der Waals surface area (Å²) in [6.45, 7) is 0. The van der Waals surface area contributed by atoms with Gasteiger partial charge in [-0.1, -0.05) is 0 Å². The molecule has 1 aromatic rings. The van der Waals surface area contributed by atoms with Gasteiger partial charge in [0.15, 0.2) is 5.69 Å². The van der Waals surface area contributed by atoms with Crippen molar-refractivity contribution in [3.05, 3.63) is 18.0 Å². The first-order chi connectivity index (χ1) is 3.84. The van der Waals surface area contributed by atoms with Gasteiger partial charge in [-0.3, -0.25) is 0 Å². The summed E-state index contributed by atoms with van der Waals surface area (Å²) < 4.78 is 0. The van der Waals surface area contributed by atoms with E-state index in [-0.39, 0.29) is 0 Å². The molecular weight excluding hydrogens is 104 g/mol. The second-order valence-electron chi connectivity index (χ2n) is 1.27. The van der Waals surface area contributed by atoms with E-state index in [1.54, 1.807) is 6.07 Å². The number of aromatic nitrogens is 2. The second-order valence-corrected chi connectivity index (χ2v) is 1.27. The van der Waals surface area contributed by atoms with Crippen molar-refractivity contribution in [3.63, 3.8) is 0 Å². The summed E-state index contributed by atoms with van der Waals surface area (Å²) in [5.41, 5.74) is 0.366. The lowest BCUT2D eigenvalue weighted by molar-refractivity contribution is 0.819. The lowest BCUT2D eigenvalue weighted by Crippen LogP contribution is -2.11. The molecule has 0 amide bonds. The fourth-order valence-electron chi connectivity index (χ4n) is 0.403. The predicted molar refractivity (Wildman–Crippen MR) is 27.1 cm³/mol. The van der Waals surface area contributed by atoms with Gasteiger partial charge in [-0.05, 0) is 6.07 Å². The van der Waals surface area contributed by atoms with Crippen LogP contribution >= 0.6 is 0 Å². The summed E-state index contributed by atoms with van der Waals surface area (Å²) in [5.74, 6) is 5.13. The highest BCUT2D eigenvalue weighted by Gasteiger charge is 1.91. The topological polar surface area (TPSA) is 67.6 Å². The van der Waals surface area contributed by atoms with Gasteiger partial charge in [-0.15, -0.1) is 0 Å². The first-order valence-electron chi connectivity index (χ1n) is 2.04. The Kier molecular flexibility index (Phi) is 0.897. The Morgan fingerprint density at radius 2 is 2.62 bits per heavy atom. The number of rotatable bonds is 0. The van der Waals surface area contributed by atoms with E-state index in [9.17, 15) is 0 Å². The Labute approximate surface area is 46.1 Å². The van der Waals surface area contributed by atoms with Crippen molar-refractivity contribution in [2.75, 3.05) is 5.84 Å². The van der Waals surface area contributed by atoms with Crippen LogP contribution in [0, 0.1) is 11.3 Å². The van der Waals surface area contributed by atoms with Gasteiger partial charge in [-0.25, -0.2) is 0 Å². The van der Waals surface area contributed by atoms with Gasteiger partial charge in [0.2, 0.25) is 0 Å². The van der Waals surface area contributed by atoms with Crippen LogP contribution in [-0.4, -0.2) is 9.89 Å². The predicted octanol–water partition coefficient (Wildman–Crippen LogP) is -0.531. The molecule has 40 valence electrons. The van der Waals surface area contributed by atoms with Gasteiger partial charge in [0, 0.05) is 0 Å². The van der Waals surface area contributed by atoms with E-state index in [1.165, 1.54) is 6.20 Å². The van der Waals surface area contributed by atoms with Crippen molar-refractivity contribution in [2.45, 2.75) is 0 Å². The number of nitriles is 1. The SMILES string of the molecule is N#Cc1ccnn1N. The van der Waals surface area contributed by atoms with Crippen LogP contribution in [0.4, 0.5) is 0 Å². The van der Waals surface area contributed by atoms with E-state index in [1.807, 2.05) is 6.07 Å².